The number of anilines is 2. The molecule has 1 aromatic heterocycles. The van der Waals surface area contributed by atoms with E-state index in [1.54, 1.807) is 48.7 Å². The maximum Gasteiger partial charge on any atom is 0.185 e. The minimum absolute atomic E-state index is 0.0988. The van der Waals surface area contributed by atoms with Crippen LogP contribution in [0.15, 0.2) is 48.7 Å². The van der Waals surface area contributed by atoms with Crippen molar-refractivity contribution >= 4 is 23.4 Å². The maximum atomic E-state index is 11.9. The number of hydrogen-bond donors (Lipinski definition) is 2. The highest BCUT2D eigenvalue weighted by molar-refractivity contribution is 6.07. The number of nitrogen functional groups attached to an aromatic ring is 2. The van der Waals surface area contributed by atoms with Gasteiger partial charge in [-0.05, 0) is 48.6 Å². The van der Waals surface area contributed by atoms with Gasteiger partial charge in [0.15, 0.2) is 5.78 Å². The number of carbonyl (C=O) groups excluding carboxylic acids is 1. The highest BCUT2D eigenvalue weighted by atomic mass is 16.1. The van der Waals surface area contributed by atoms with E-state index in [0.29, 0.717) is 17.1 Å². The van der Waals surface area contributed by atoms with Crippen molar-refractivity contribution in [2.45, 2.75) is 0 Å². The van der Waals surface area contributed by atoms with E-state index in [-0.39, 0.29) is 5.78 Å². The Bertz CT molecular complexity index is 588. The first-order valence-electron chi connectivity index (χ1n) is 5.45. The standard InChI is InChI=1S/C14H13N3O/c15-12-6-3-10(4-7-12)13(18)8-5-11-2-1-9-17-14(11)16/h1-9H,15H2,(H2,16,17)/b8-5+. The Morgan fingerprint density at radius 1 is 1.11 bits per heavy atom. The van der Waals surface area contributed by atoms with Gasteiger partial charge in [-0.1, -0.05) is 0 Å². The fourth-order valence-electron chi connectivity index (χ4n) is 1.48. The molecule has 2 rings (SSSR count). The number of benzene rings is 1. The zero-order chi connectivity index (χ0) is 13.0. The van der Waals surface area contributed by atoms with Crippen LogP contribution < -0.4 is 11.5 Å². The van der Waals surface area contributed by atoms with Gasteiger partial charge in [-0.3, -0.25) is 4.79 Å². The predicted molar refractivity (Wildman–Crippen MR) is 72.9 cm³/mol. The number of carbonyl (C=O) groups is 1. The molecule has 2 aromatic rings. The first-order valence-corrected chi connectivity index (χ1v) is 5.45. The Balaban J connectivity index is 2.17. The normalized spacial score (nSPS) is 10.7. The fourth-order valence-corrected chi connectivity index (χ4v) is 1.48. The molecule has 0 aliphatic heterocycles. The number of nitrogens with two attached hydrogens (primary N) is 2. The Morgan fingerprint density at radius 3 is 2.50 bits per heavy atom. The van der Waals surface area contributed by atoms with Gasteiger partial charge in [0.1, 0.15) is 5.82 Å². The molecule has 0 saturated heterocycles. The summed E-state index contributed by atoms with van der Waals surface area (Å²) in [4.78, 5) is 15.8. The van der Waals surface area contributed by atoms with Crippen LogP contribution in [0.1, 0.15) is 15.9 Å². The number of nitrogens with zero attached hydrogens (tertiary/aromatic N) is 1. The molecule has 0 aliphatic carbocycles. The summed E-state index contributed by atoms with van der Waals surface area (Å²) in [7, 11) is 0. The van der Waals surface area contributed by atoms with E-state index >= 15 is 0 Å². The van der Waals surface area contributed by atoms with Crippen molar-refractivity contribution in [3.8, 4) is 0 Å². The van der Waals surface area contributed by atoms with E-state index in [2.05, 4.69) is 4.98 Å². The number of allylic oxidation sites excluding steroid dienone is 1. The second kappa shape index (κ2) is 5.14. The third-order valence-electron chi connectivity index (χ3n) is 2.48. The van der Waals surface area contributed by atoms with Gasteiger partial charge in [0, 0.05) is 23.0 Å². The lowest BCUT2D eigenvalue weighted by atomic mass is 10.1. The molecule has 0 saturated carbocycles. The summed E-state index contributed by atoms with van der Waals surface area (Å²) in [5, 5.41) is 0. The molecule has 90 valence electrons. The van der Waals surface area contributed by atoms with Crippen molar-refractivity contribution in [1.29, 1.82) is 0 Å². The van der Waals surface area contributed by atoms with Gasteiger partial charge in [-0.25, -0.2) is 4.98 Å². The molecule has 4 nitrogen and oxygen atoms in total. The van der Waals surface area contributed by atoms with Crippen molar-refractivity contribution in [1.82, 2.24) is 4.98 Å². The van der Waals surface area contributed by atoms with Gasteiger partial charge < -0.3 is 11.5 Å². The van der Waals surface area contributed by atoms with Crippen LogP contribution in [0.25, 0.3) is 6.08 Å². The SMILES string of the molecule is Nc1ccc(C(=O)/C=C/c2cccnc2N)cc1. The highest BCUT2D eigenvalue weighted by Crippen LogP contribution is 2.11. The molecule has 0 amide bonds. The quantitative estimate of drug-likeness (QED) is 0.488. The second-order valence-corrected chi connectivity index (χ2v) is 3.80. The molecule has 4 N–H and O–H groups in total. The number of rotatable bonds is 3. The third kappa shape index (κ3) is 2.74. The second-order valence-electron chi connectivity index (χ2n) is 3.80. The highest BCUT2D eigenvalue weighted by Gasteiger charge is 2.01. The van der Waals surface area contributed by atoms with E-state index in [1.807, 2.05) is 0 Å². The third-order valence-corrected chi connectivity index (χ3v) is 2.48. The zero-order valence-corrected chi connectivity index (χ0v) is 9.71. The molecule has 0 spiro atoms. The van der Waals surface area contributed by atoms with E-state index in [4.69, 9.17) is 11.5 Å². The average molecular weight is 239 g/mol. The zero-order valence-electron chi connectivity index (χ0n) is 9.71. The summed E-state index contributed by atoms with van der Waals surface area (Å²) in [5.41, 5.74) is 13.2. The first-order chi connectivity index (χ1) is 8.66. The predicted octanol–water partition coefficient (Wildman–Crippen LogP) is 2.14. The summed E-state index contributed by atoms with van der Waals surface area (Å²) >= 11 is 0. The Labute approximate surface area is 105 Å². The molecule has 1 heterocycles. The van der Waals surface area contributed by atoms with Gasteiger partial charge in [-0.2, -0.15) is 0 Å². The Hall–Kier alpha value is -2.62. The molecular weight excluding hydrogens is 226 g/mol. The molecule has 0 bridgehead atoms. The summed E-state index contributed by atoms with van der Waals surface area (Å²) in [6.45, 7) is 0. The van der Waals surface area contributed by atoms with Crippen molar-refractivity contribution < 1.29 is 4.79 Å². The van der Waals surface area contributed by atoms with Crippen LogP contribution >= 0.6 is 0 Å². The molecule has 0 aliphatic rings. The van der Waals surface area contributed by atoms with Gasteiger partial charge in [0.05, 0.1) is 0 Å². The molecule has 0 radical (unpaired) electrons. The fraction of sp³-hybridized carbons (Fsp3) is 0. The summed E-state index contributed by atoms with van der Waals surface area (Å²) in [5.74, 6) is 0.303. The van der Waals surface area contributed by atoms with Gasteiger partial charge in [0.2, 0.25) is 0 Å². The van der Waals surface area contributed by atoms with Gasteiger partial charge in [-0.15, -0.1) is 0 Å². The molecule has 0 atom stereocenters. The number of hydrogen-bond acceptors (Lipinski definition) is 4. The van der Waals surface area contributed by atoms with Crippen LogP contribution in [0.3, 0.4) is 0 Å². The van der Waals surface area contributed by atoms with E-state index < -0.39 is 0 Å². The van der Waals surface area contributed by atoms with Crippen molar-refractivity contribution in [2.24, 2.45) is 0 Å². The van der Waals surface area contributed by atoms with Crippen LogP contribution in [-0.2, 0) is 0 Å². The number of ketones is 1. The summed E-state index contributed by atoms with van der Waals surface area (Å²) in [6, 6.07) is 10.3. The maximum absolute atomic E-state index is 11.9. The molecule has 1 aromatic carbocycles. The van der Waals surface area contributed by atoms with Crippen LogP contribution in [0, 0.1) is 0 Å². The monoisotopic (exact) mass is 239 g/mol. The molecule has 0 fully saturated rings. The van der Waals surface area contributed by atoms with Crippen molar-refractivity contribution in [3.05, 3.63) is 59.8 Å². The minimum atomic E-state index is -0.0988. The minimum Gasteiger partial charge on any atom is -0.399 e. The topological polar surface area (TPSA) is 82.0 Å². The number of pyridine rings is 1. The van der Waals surface area contributed by atoms with E-state index in [0.717, 1.165) is 5.56 Å². The van der Waals surface area contributed by atoms with Crippen LogP contribution in [0.5, 0.6) is 0 Å². The van der Waals surface area contributed by atoms with Crippen LogP contribution in [0.4, 0.5) is 11.5 Å². The lowest BCUT2D eigenvalue weighted by molar-refractivity contribution is 0.104. The van der Waals surface area contributed by atoms with E-state index in [1.165, 1.54) is 6.08 Å². The van der Waals surface area contributed by atoms with Crippen LogP contribution in [0.2, 0.25) is 0 Å². The summed E-state index contributed by atoms with van der Waals surface area (Å²) in [6.07, 6.45) is 4.73. The van der Waals surface area contributed by atoms with Crippen LogP contribution in [-0.4, -0.2) is 10.8 Å². The van der Waals surface area contributed by atoms with E-state index in [9.17, 15) is 4.79 Å². The molecule has 0 unspecified atom stereocenters. The smallest absolute Gasteiger partial charge is 0.185 e. The lowest BCUT2D eigenvalue weighted by Crippen LogP contribution is -1.96. The largest absolute Gasteiger partial charge is 0.399 e. The number of aromatic nitrogens is 1. The molecule has 18 heavy (non-hydrogen) atoms. The Morgan fingerprint density at radius 2 is 1.83 bits per heavy atom. The average Bonchev–Trinajstić information content (AvgIpc) is 2.38. The first kappa shape index (κ1) is 11.9. The van der Waals surface area contributed by atoms with Crippen molar-refractivity contribution in [3.63, 3.8) is 0 Å². The lowest BCUT2D eigenvalue weighted by Gasteiger charge is -1.98. The molecular formula is C14H13N3O. The van der Waals surface area contributed by atoms with Crippen molar-refractivity contribution in [2.75, 3.05) is 11.5 Å². The van der Waals surface area contributed by atoms with Gasteiger partial charge in [0.25, 0.3) is 0 Å². The van der Waals surface area contributed by atoms with Gasteiger partial charge >= 0.3 is 0 Å². The summed E-state index contributed by atoms with van der Waals surface area (Å²) < 4.78 is 0. The Kier molecular flexibility index (Phi) is 3.38. The molecule has 4 heteroatoms.